The lowest BCUT2D eigenvalue weighted by molar-refractivity contribution is 0.451. The first-order valence-electron chi connectivity index (χ1n) is 19.1. The van der Waals surface area contributed by atoms with Crippen LogP contribution in [0.2, 0.25) is 0 Å². The molecule has 2 aliphatic rings. The fourth-order valence-corrected chi connectivity index (χ4v) is 7.76. The van der Waals surface area contributed by atoms with Gasteiger partial charge in [-0.3, -0.25) is 4.98 Å². The Kier molecular flexibility index (Phi) is 11.2. The molecule has 0 saturated heterocycles. The average Bonchev–Trinajstić information content (AvgIpc) is 3.75. The smallest absolute Gasteiger partial charge is 0.184 e. The Hall–Kier alpha value is -9.07. The summed E-state index contributed by atoms with van der Waals surface area (Å²) >= 11 is 0. The van der Waals surface area contributed by atoms with E-state index in [9.17, 15) is 0 Å². The van der Waals surface area contributed by atoms with Gasteiger partial charge in [0.1, 0.15) is 24.4 Å². The highest BCUT2D eigenvalue weighted by molar-refractivity contribution is 5.97. The van der Waals surface area contributed by atoms with E-state index in [-0.39, 0.29) is 0 Å². The molecule has 8 rings (SSSR count). The summed E-state index contributed by atoms with van der Waals surface area (Å²) < 4.78 is 24.3. The highest BCUT2D eigenvalue weighted by Gasteiger charge is 2.53. The van der Waals surface area contributed by atoms with Crippen molar-refractivity contribution in [3.63, 3.8) is 0 Å². The van der Waals surface area contributed by atoms with E-state index >= 15 is 0 Å². The van der Waals surface area contributed by atoms with E-state index < -0.39 is 5.41 Å². The van der Waals surface area contributed by atoms with Gasteiger partial charge in [0.05, 0.1) is 11.1 Å². The molecule has 5 aromatic carbocycles. The van der Waals surface area contributed by atoms with Crippen LogP contribution in [0.1, 0.15) is 49.9 Å². The largest absolute Gasteiger partial charge is 0.403 e. The fourth-order valence-electron chi connectivity index (χ4n) is 7.76. The molecule has 1 aromatic heterocycles. The standard InChI is InChI=1S/C56H31NO4/c1-5-9-17-30-58-52-36-45-46-37-53(59-31-18-10-6-2)55(61-33-20-12-8-4)39-50(46)56(49(45)38-54(52)60-32-19-11-7-3)47-25-14-13-24-43(47)44-35-41(27-28-48(44)56)40-22-21-23-42(34-40)51-26-15-16-29-57-51/h13-16,21-29,34-39H,1-4H3. The van der Waals surface area contributed by atoms with Crippen molar-refractivity contribution in [1.82, 2.24) is 4.98 Å². The number of nitrogens with zero attached hydrogens (tertiary/aromatic N) is 1. The van der Waals surface area contributed by atoms with Crippen molar-refractivity contribution in [2.75, 3.05) is 0 Å². The van der Waals surface area contributed by atoms with Crippen LogP contribution >= 0.6 is 0 Å². The van der Waals surface area contributed by atoms with E-state index in [0.717, 1.165) is 66.9 Å². The zero-order valence-electron chi connectivity index (χ0n) is 33.5. The van der Waals surface area contributed by atoms with Crippen molar-refractivity contribution >= 4 is 0 Å². The first-order valence-corrected chi connectivity index (χ1v) is 19.1. The molecule has 1 heterocycles. The minimum atomic E-state index is -0.885. The lowest BCUT2D eigenvalue weighted by Gasteiger charge is -2.31. The zero-order chi connectivity index (χ0) is 42.0. The second-order valence-corrected chi connectivity index (χ2v) is 13.4. The first kappa shape index (κ1) is 38.8. The predicted octanol–water partition coefficient (Wildman–Crippen LogP) is 10.2. The lowest BCUT2D eigenvalue weighted by Crippen LogP contribution is -2.26. The Morgan fingerprint density at radius 1 is 0.377 bits per heavy atom. The Morgan fingerprint density at radius 2 is 0.852 bits per heavy atom. The Bertz CT molecular complexity index is 3170. The minimum absolute atomic E-state index is 0.338. The molecule has 2 aliphatic carbocycles. The normalized spacial score (nSPS) is 10.7. The summed E-state index contributed by atoms with van der Waals surface area (Å²) in [5.41, 5.74) is 11.0. The van der Waals surface area contributed by atoms with Gasteiger partial charge in [-0.25, -0.2) is 0 Å². The van der Waals surface area contributed by atoms with Crippen LogP contribution in [0, 0.1) is 95.5 Å². The maximum absolute atomic E-state index is 6.11. The molecule has 0 bridgehead atoms. The molecule has 0 fully saturated rings. The van der Waals surface area contributed by atoms with Gasteiger partial charge in [-0.2, -0.15) is 0 Å². The molecule has 61 heavy (non-hydrogen) atoms. The molecule has 6 aromatic rings. The Labute approximate surface area is 356 Å². The molecular weight excluding hydrogens is 751 g/mol. The van der Waals surface area contributed by atoms with Crippen LogP contribution in [0.25, 0.3) is 44.6 Å². The van der Waals surface area contributed by atoms with Gasteiger partial charge >= 0.3 is 0 Å². The number of benzene rings is 5. The highest BCUT2D eigenvalue weighted by atomic mass is 16.5. The van der Waals surface area contributed by atoms with Crippen LogP contribution in [0.5, 0.6) is 23.0 Å². The SMILES string of the molecule is CC#CC#COc1cc2c(cc1OC#CC#CC)C1(c3ccccc3-c3cc(-c4cccc(-c5ccccn5)c4)ccc31)c1cc(OC#CC#CC)c(OC#CC#CC)cc1-2. The van der Waals surface area contributed by atoms with Crippen molar-refractivity contribution in [2.45, 2.75) is 33.1 Å². The third-order valence-corrected chi connectivity index (χ3v) is 10.1. The van der Waals surface area contributed by atoms with Crippen molar-refractivity contribution < 1.29 is 18.9 Å². The summed E-state index contributed by atoms with van der Waals surface area (Å²) in [6.07, 6.45) is 12.7. The van der Waals surface area contributed by atoms with E-state index in [4.69, 9.17) is 18.9 Å². The van der Waals surface area contributed by atoms with Crippen LogP contribution in [-0.2, 0) is 5.41 Å². The number of pyridine rings is 1. The van der Waals surface area contributed by atoms with E-state index in [1.54, 1.807) is 27.7 Å². The monoisotopic (exact) mass is 781 g/mol. The van der Waals surface area contributed by atoms with Gasteiger partial charge in [-0.15, -0.1) is 0 Å². The van der Waals surface area contributed by atoms with Crippen LogP contribution in [0.4, 0.5) is 0 Å². The molecule has 5 heteroatoms. The highest BCUT2D eigenvalue weighted by Crippen LogP contribution is 2.65. The van der Waals surface area contributed by atoms with Crippen LogP contribution in [-0.4, -0.2) is 4.98 Å². The summed E-state index contributed by atoms with van der Waals surface area (Å²) in [5, 5.41) is 0. The molecule has 0 atom stereocenters. The Balaban J connectivity index is 1.42. The summed E-state index contributed by atoms with van der Waals surface area (Å²) in [5.74, 6) is 34.3. The predicted molar refractivity (Wildman–Crippen MR) is 239 cm³/mol. The van der Waals surface area contributed by atoms with Crippen molar-refractivity contribution in [3.05, 3.63) is 138 Å². The van der Waals surface area contributed by atoms with Gasteiger partial charge < -0.3 is 18.9 Å². The second kappa shape index (κ2) is 17.6. The maximum atomic E-state index is 6.11. The number of hydrogen-bond donors (Lipinski definition) is 0. The van der Waals surface area contributed by atoms with Gasteiger partial charge in [0, 0.05) is 35.4 Å². The summed E-state index contributed by atoms with van der Waals surface area (Å²) in [6, 6.07) is 37.2. The average molecular weight is 782 g/mol. The summed E-state index contributed by atoms with van der Waals surface area (Å²) in [7, 11) is 0. The summed E-state index contributed by atoms with van der Waals surface area (Å²) in [6.45, 7) is 6.84. The maximum Gasteiger partial charge on any atom is 0.184 e. The minimum Gasteiger partial charge on any atom is -0.403 e. The molecule has 0 aliphatic heterocycles. The third-order valence-electron chi connectivity index (χ3n) is 10.1. The number of ether oxygens (including phenoxy) is 4. The molecule has 0 radical (unpaired) electrons. The van der Waals surface area contributed by atoms with Crippen molar-refractivity contribution in [2.24, 2.45) is 0 Å². The van der Waals surface area contributed by atoms with Gasteiger partial charge in [-0.1, -0.05) is 84.3 Å². The first-order chi connectivity index (χ1) is 30.1. The van der Waals surface area contributed by atoms with E-state index in [1.807, 2.05) is 48.7 Å². The number of rotatable bonds is 6. The molecule has 0 unspecified atom stereocenters. The number of hydrogen-bond acceptors (Lipinski definition) is 5. The summed E-state index contributed by atoms with van der Waals surface area (Å²) in [4.78, 5) is 4.60. The number of fused-ring (bicyclic) bond motifs is 10. The van der Waals surface area contributed by atoms with Crippen LogP contribution < -0.4 is 18.9 Å². The second-order valence-electron chi connectivity index (χ2n) is 13.4. The number of aromatic nitrogens is 1. The molecule has 284 valence electrons. The quantitative estimate of drug-likeness (QED) is 0.157. The van der Waals surface area contributed by atoms with Gasteiger partial charge in [0.15, 0.2) is 23.0 Å². The van der Waals surface area contributed by atoms with Crippen molar-refractivity contribution in [1.29, 1.82) is 0 Å². The van der Waals surface area contributed by atoms with E-state index in [1.165, 1.54) is 0 Å². The molecule has 0 amide bonds. The molecule has 1 spiro atoms. The van der Waals surface area contributed by atoms with Gasteiger partial charge in [0.25, 0.3) is 0 Å². The lowest BCUT2D eigenvalue weighted by atomic mass is 9.70. The van der Waals surface area contributed by atoms with Crippen molar-refractivity contribution in [3.8, 4) is 163 Å². The molecular formula is C56H31NO4. The van der Waals surface area contributed by atoms with Crippen LogP contribution in [0.15, 0.2) is 115 Å². The zero-order valence-corrected chi connectivity index (χ0v) is 33.5. The van der Waals surface area contributed by atoms with E-state index in [0.29, 0.717) is 23.0 Å². The van der Waals surface area contributed by atoms with E-state index in [2.05, 4.69) is 167 Å². The van der Waals surface area contributed by atoms with Gasteiger partial charge in [-0.05, 0) is 156 Å². The third kappa shape index (κ3) is 7.34. The Morgan fingerprint density at radius 3 is 1.39 bits per heavy atom. The van der Waals surface area contributed by atoms with Gasteiger partial charge in [0.2, 0.25) is 0 Å². The fraction of sp³-hybridized carbons (Fsp3) is 0.0893. The molecule has 0 saturated carbocycles. The molecule has 0 N–H and O–H groups in total. The van der Waals surface area contributed by atoms with Crippen LogP contribution in [0.3, 0.4) is 0 Å². The topological polar surface area (TPSA) is 49.8 Å². The molecule has 5 nitrogen and oxygen atoms in total.